The minimum atomic E-state index is -0.644. The third-order valence-electron chi connectivity index (χ3n) is 5.94. The molecule has 1 unspecified atom stereocenters. The van der Waals surface area contributed by atoms with Gasteiger partial charge in [-0.3, -0.25) is 9.59 Å². The minimum Gasteiger partial charge on any atom is -0.350 e. The van der Waals surface area contributed by atoms with Gasteiger partial charge in [-0.1, -0.05) is 76.6 Å². The number of nitrogens with one attached hydrogen (secondary N) is 1. The number of hydrogen-bond acceptors (Lipinski definition) is 2. The zero-order valence-electron chi connectivity index (χ0n) is 21.3. The van der Waals surface area contributed by atoms with Crippen molar-refractivity contribution in [3.05, 3.63) is 105 Å². The first-order valence-corrected chi connectivity index (χ1v) is 12.8. The van der Waals surface area contributed by atoms with E-state index in [-0.39, 0.29) is 18.2 Å². The van der Waals surface area contributed by atoms with E-state index in [1.165, 1.54) is 5.56 Å². The maximum atomic E-state index is 13.8. The summed E-state index contributed by atoms with van der Waals surface area (Å²) in [6.07, 6.45) is 0.679. The number of benzene rings is 3. The van der Waals surface area contributed by atoms with Crippen LogP contribution >= 0.6 is 15.9 Å². The molecule has 0 aliphatic rings. The van der Waals surface area contributed by atoms with Gasteiger partial charge in [-0.2, -0.15) is 0 Å². The molecule has 0 aliphatic heterocycles. The normalized spacial score (nSPS) is 12.2. The van der Waals surface area contributed by atoms with E-state index in [4.69, 9.17) is 0 Å². The highest BCUT2D eigenvalue weighted by atomic mass is 79.9. The van der Waals surface area contributed by atoms with Crippen molar-refractivity contribution in [2.45, 2.75) is 65.6 Å². The lowest BCUT2D eigenvalue weighted by Crippen LogP contribution is -2.54. The van der Waals surface area contributed by atoms with Crippen molar-refractivity contribution in [2.24, 2.45) is 0 Å². The van der Waals surface area contributed by atoms with Crippen LogP contribution in [0.2, 0.25) is 0 Å². The lowest BCUT2D eigenvalue weighted by Gasteiger charge is -2.34. The average Bonchev–Trinajstić information content (AvgIpc) is 2.78. The van der Waals surface area contributed by atoms with Gasteiger partial charge in [0.1, 0.15) is 6.04 Å². The minimum absolute atomic E-state index is 0.0711. The first-order chi connectivity index (χ1) is 16.5. The fourth-order valence-corrected chi connectivity index (χ4v) is 4.48. The van der Waals surface area contributed by atoms with E-state index < -0.39 is 11.6 Å². The maximum absolute atomic E-state index is 13.8. The van der Waals surface area contributed by atoms with Gasteiger partial charge in [-0.25, -0.2) is 0 Å². The zero-order chi connectivity index (χ0) is 25.6. The van der Waals surface area contributed by atoms with Crippen LogP contribution in [0.1, 0.15) is 48.6 Å². The molecule has 4 nitrogen and oxygen atoms in total. The molecule has 0 aliphatic carbocycles. The Morgan fingerprint density at radius 1 is 0.857 bits per heavy atom. The Hall–Kier alpha value is -2.92. The first kappa shape index (κ1) is 26.7. The second-order valence-corrected chi connectivity index (χ2v) is 11.1. The molecule has 1 N–H and O–H groups in total. The van der Waals surface area contributed by atoms with Gasteiger partial charge in [0.25, 0.3) is 0 Å². The van der Waals surface area contributed by atoms with Crippen LogP contribution in [0.5, 0.6) is 0 Å². The smallest absolute Gasteiger partial charge is 0.243 e. The Kier molecular flexibility index (Phi) is 8.90. The van der Waals surface area contributed by atoms with Crippen molar-refractivity contribution >= 4 is 27.7 Å². The molecule has 0 aromatic heterocycles. The number of rotatable bonds is 8. The predicted molar refractivity (Wildman–Crippen MR) is 146 cm³/mol. The number of hydrogen-bond donors (Lipinski definition) is 1. The highest BCUT2D eigenvalue weighted by Crippen LogP contribution is 2.20. The fraction of sp³-hybridized carbons (Fsp3) is 0.333. The Balaban J connectivity index is 2.00. The van der Waals surface area contributed by atoms with Crippen LogP contribution in [0.4, 0.5) is 0 Å². The number of carbonyl (C=O) groups excluding carboxylic acids is 2. The van der Waals surface area contributed by atoms with E-state index >= 15 is 0 Å². The van der Waals surface area contributed by atoms with Gasteiger partial charge in [-0.05, 0) is 74.6 Å². The van der Waals surface area contributed by atoms with Crippen LogP contribution in [0.25, 0.3) is 0 Å². The molecule has 0 spiro atoms. The van der Waals surface area contributed by atoms with Crippen molar-refractivity contribution in [2.75, 3.05) is 0 Å². The number of nitrogens with zero attached hydrogens (tertiary/aromatic N) is 1. The first-order valence-electron chi connectivity index (χ1n) is 12.0. The number of aryl methyl sites for hydroxylation is 2. The number of amides is 2. The summed E-state index contributed by atoms with van der Waals surface area (Å²) in [6, 6.07) is 23.2. The van der Waals surface area contributed by atoms with E-state index in [0.717, 1.165) is 26.7 Å². The molecule has 0 heterocycles. The Bertz CT molecular complexity index is 1170. The van der Waals surface area contributed by atoms with Crippen molar-refractivity contribution in [1.29, 1.82) is 0 Å². The van der Waals surface area contributed by atoms with E-state index in [2.05, 4.69) is 41.2 Å². The molecule has 1 atom stereocenters. The second kappa shape index (κ2) is 11.7. The van der Waals surface area contributed by atoms with Crippen molar-refractivity contribution < 1.29 is 9.59 Å². The summed E-state index contributed by atoms with van der Waals surface area (Å²) in [4.78, 5) is 29.2. The molecule has 3 rings (SSSR count). The molecule has 0 saturated carbocycles. The van der Waals surface area contributed by atoms with E-state index in [9.17, 15) is 9.59 Å². The molecule has 0 fully saturated rings. The highest BCUT2D eigenvalue weighted by Gasteiger charge is 2.32. The standard InChI is InChI=1S/C30H35BrN2O2/c1-21-14-15-24(16-22(21)2)19-28(34)33(20-25-12-9-13-26(31)17-25)27(29(35)32-30(3,4)5)18-23-10-7-6-8-11-23/h6-17,27H,18-20H2,1-5H3,(H,32,35). The van der Waals surface area contributed by atoms with Gasteiger partial charge in [0.15, 0.2) is 0 Å². The van der Waals surface area contributed by atoms with E-state index in [0.29, 0.717) is 13.0 Å². The van der Waals surface area contributed by atoms with Gasteiger partial charge in [-0.15, -0.1) is 0 Å². The monoisotopic (exact) mass is 534 g/mol. The van der Waals surface area contributed by atoms with Gasteiger partial charge < -0.3 is 10.2 Å². The second-order valence-electron chi connectivity index (χ2n) is 10.2. The van der Waals surface area contributed by atoms with Crippen LogP contribution in [0.3, 0.4) is 0 Å². The Morgan fingerprint density at radius 3 is 2.17 bits per heavy atom. The third-order valence-corrected chi connectivity index (χ3v) is 6.43. The third kappa shape index (κ3) is 8.07. The largest absolute Gasteiger partial charge is 0.350 e. The molecule has 0 saturated heterocycles. The molecular weight excluding hydrogens is 500 g/mol. The summed E-state index contributed by atoms with van der Waals surface area (Å²) >= 11 is 3.53. The molecule has 3 aromatic rings. The molecule has 2 amide bonds. The van der Waals surface area contributed by atoms with Crippen LogP contribution in [-0.2, 0) is 29.0 Å². The summed E-state index contributed by atoms with van der Waals surface area (Å²) in [5, 5.41) is 3.11. The predicted octanol–water partition coefficient (Wildman–Crippen LogP) is 6.16. The van der Waals surface area contributed by atoms with Crippen molar-refractivity contribution in [3.63, 3.8) is 0 Å². The summed E-state index contributed by atoms with van der Waals surface area (Å²) < 4.78 is 0.940. The summed E-state index contributed by atoms with van der Waals surface area (Å²) in [5.74, 6) is -0.219. The summed E-state index contributed by atoms with van der Waals surface area (Å²) in [6.45, 7) is 10.3. The van der Waals surface area contributed by atoms with Crippen LogP contribution in [-0.4, -0.2) is 28.3 Å². The van der Waals surface area contributed by atoms with Crippen LogP contribution < -0.4 is 5.32 Å². The molecule has 0 radical (unpaired) electrons. The molecule has 5 heteroatoms. The fourth-order valence-electron chi connectivity index (χ4n) is 4.03. The zero-order valence-corrected chi connectivity index (χ0v) is 22.9. The number of carbonyl (C=O) groups is 2. The van der Waals surface area contributed by atoms with Gasteiger partial charge in [0.05, 0.1) is 6.42 Å². The SMILES string of the molecule is Cc1ccc(CC(=O)N(Cc2cccc(Br)c2)C(Cc2ccccc2)C(=O)NC(C)(C)C)cc1C. The highest BCUT2D eigenvalue weighted by molar-refractivity contribution is 9.10. The molecule has 3 aromatic carbocycles. The van der Waals surface area contributed by atoms with Crippen molar-refractivity contribution in [3.8, 4) is 0 Å². The Labute approximate surface area is 217 Å². The average molecular weight is 536 g/mol. The molecule has 35 heavy (non-hydrogen) atoms. The van der Waals surface area contributed by atoms with Gasteiger partial charge >= 0.3 is 0 Å². The summed E-state index contributed by atoms with van der Waals surface area (Å²) in [5.41, 5.74) is 4.87. The van der Waals surface area contributed by atoms with E-state index in [1.807, 2.05) is 87.5 Å². The van der Waals surface area contributed by atoms with E-state index in [1.54, 1.807) is 4.90 Å². The lowest BCUT2D eigenvalue weighted by atomic mass is 9.99. The lowest BCUT2D eigenvalue weighted by molar-refractivity contribution is -0.141. The molecule has 0 bridgehead atoms. The van der Waals surface area contributed by atoms with Crippen LogP contribution in [0.15, 0.2) is 77.3 Å². The maximum Gasteiger partial charge on any atom is 0.243 e. The summed E-state index contributed by atoms with van der Waals surface area (Å²) in [7, 11) is 0. The molecule has 184 valence electrons. The molecular formula is C30H35BrN2O2. The quantitative estimate of drug-likeness (QED) is 0.376. The van der Waals surface area contributed by atoms with Crippen LogP contribution in [0, 0.1) is 13.8 Å². The Morgan fingerprint density at radius 2 is 1.54 bits per heavy atom. The number of halogens is 1. The van der Waals surface area contributed by atoms with Gasteiger partial charge in [0, 0.05) is 23.0 Å². The van der Waals surface area contributed by atoms with Gasteiger partial charge in [0.2, 0.25) is 11.8 Å². The van der Waals surface area contributed by atoms with Crippen molar-refractivity contribution in [1.82, 2.24) is 10.2 Å². The topological polar surface area (TPSA) is 49.4 Å².